The molecule has 2 rings (SSSR count). The predicted octanol–water partition coefficient (Wildman–Crippen LogP) is 1.04. The third-order valence-electron chi connectivity index (χ3n) is 3.64. The minimum atomic E-state index is 0.248. The SMILES string of the molecule is CN(C)[C@H]1CCN(C(=O)N2CC[CH]CC2)C1. The van der Waals surface area contributed by atoms with Gasteiger partial charge in [-0.1, -0.05) is 0 Å². The predicted molar refractivity (Wildman–Crippen MR) is 64.2 cm³/mol. The molecule has 0 N–H and O–H groups in total. The summed E-state index contributed by atoms with van der Waals surface area (Å²) in [6.07, 6.45) is 5.49. The van der Waals surface area contributed by atoms with Gasteiger partial charge in [-0.3, -0.25) is 0 Å². The Kier molecular flexibility index (Phi) is 3.69. The monoisotopic (exact) mass is 224 g/mol. The van der Waals surface area contributed by atoms with Gasteiger partial charge in [0.2, 0.25) is 0 Å². The standard InChI is InChI=1S/C12H22N3O/c1-13(2)11-6-9-15(10-11)12(16)14-7-4-3-5-8-14/h3,11H,4-10H2,1-2H3/t11-/m0/s1. The smallest absolute Gasteiger partial charge is 0.320 e. The van der Waals surface area contributed by atoms with Gasteiger partial charge in [0.25, 0.3) is 0 Å². The van der Waals surface area contributed by atoms with E-state index < -0.39 is 0 Å². The maximum atomic E-state index is 12.2. The molecule has 4 heteroatoms. The Morgan fingerprint density at radius 2 is 1.88 bits per heavy atom. The number of hydrogen-bond donors (Lipinski definition) is 0. The average Bonchev–Trinajstić information content (AvgIpc) is 2.78. The number of rotatable bonds is 1. The van der Waals surface area contributed by atoms with Crippen molar-refractivity contribution < 1.29 is 4.79 Å². The topological polar surface area (TPSA) is 26.8 Å². The van der Waals surface area contributed by atoms with Crippen LogP contribution in [-0.2, 0) is 0 Å². The molecule has 0 unspecified atom stereocenters. The zero-order chi connectivity index (χ0) is 11.5. The first-order chi connectivity index (χ1) is 7.68. The molecule has 0 aromatic rings. The lowest BCUT2D eigenvalue weighted by molar-refractivity contribution is 0.155. The molecule has 16 heavy (non-hydrogen) atoms. The van der Waals surface area contributed by atoms with Crippen LogP contribution in [0.4, 0.5) is 4.79 Å². The lowest BCUT2D eigenvalue weighted by atomic mass is 10.1. The Morgan fingerprint density at radius 1 is 1.19 bits per heavy atom. The average molecular weight is 224 g/mol. The maximum absolute atomic E-state index is 12.2. The molecule has 91 valence electrons. The Balaban J connectivity index is 1.86. The van der Waals surface area contributed by atoms with Gasteiger partial charge >= 0.3 is 6.03 Å². The zero-order valence-corrected chi connectivity index (χ0v) is 10.4. The molecule has 2 heterocycles. The molecule has 1 radical (unpaired) electrons. The summed E-state index contributed by atoms with van der Waals surface area (Å²) in [6, 6.07) is 0.790. The van der Waals surface area contributed by atoms with Crippen molar-refractivity contribution in [2.24, 2.45) is 0 Å². The maximum Gasteiger partial charge on any atom is 0.320 e. The van der Waals surface area contributed by atoms with Crippen molar-refractivity contribution in [1.82, 2.24) is 14.7 Å². The highest BCUT2D eigenvalue weighted by molar-refractivity contribution is 5.75. The van der Waals surface area contributed by atoms with E-state index in [1.54, 1.807) is 0 Å². The first kappa shape index (κ1) is 11.7. The summed E-state index contributed by atoms with van der Waals surface area (Å²) in [6.45, 7) is 3.62. The molecule has 1 atom stereocenters. The van der Waals surface area contributed by atoms with E-state index in [9.17, 15) is 4.79 Å². The molecule has 0 aromatic carbocycles. The summed E-state index contributed by atoms with van der Waals surface area (Å²) in [7, 11) is 4.18. The van der Waals surface area contributed by atoms with Gasteiger partial charge in [0.15, 0.2) is 0 Å². The lowest BCUT2D eigenvalue weighted by Gasteiger charge is -2.31. The summed E-state index contributed by atoms with van der Waals surface area (Å²) in [5, 5.41) is 0. The molecule has 2 amide bonds. The summed E-state index contributed by atoms with van der Waals surface area (Å²) in [5.74, 6) is 0. The zero-order valence-electron chi connectivity index (χ0n) is 10.4. The molecule has 4 nitrogen and oxygen atoms in total. The molecule has 2 saturated heterocycles. The Bertz CT molecular complexity index is 249. The largest absolute Gasteiger partial charge is 0.325 e. The second-order valence-electron chi connectivity index (χ2n) is 4.99. The van der Waals surface area contributed by atoms with Crippen molar-refractivity contribution in [3.05, 3.63) is 6.42 Å². The van der Waals surface area contributed by atoms with Gasteiger partial charge in [0.1, 0.15) is 0 Å². The lowest BCUT2D eigenvalue weighted by Crippen LogP contribution is -2.45. The quantitative estimate of drug-likeness (QED) is 0.665. The Morgan fingerprint density at radius 3 is 2.44 bits per heavy atom. The van der Waals surface area contributed by atoms with E-state index in [2.05, 4.69) is 25.4 Å². The van der Waals surface area contributed by atoms with Crippen LogP contribution in [0.5, 0.6) is 0 Å². The van der Waals surface area contributed by atoms with Gasteiger partial charge < -0.3 is 14.7 Å². The van der Waals surface area contributed by atoms with E-state index in [1.165, 1.54) is 0 Å². The highest BCUT2D eigenvalue weighted by Gasteiger charge is 2.30. The van der Waals surface area contributed by atoms with E-state index >= 15 is 0 Å². The molecule has 2 aliphatic rings. The number of hydrogen-bond acceptors (Lipinski definition) is 2. The van der Waals surface area contributed by atoms with Crippen LogP contribution in [0, 0.1) is 6.42 Å². The van der Waals surface area contributed by atoms with Crippen LogP contribution >= 0.6 is 0 Å². The van der Waals surface area contributed by atoms with Crippen molar-refractivity contribution in [2.45, 2.75) is 25.3 Å². The van der Waals surface area contributed by atoms with E-state index in [-0.39, 0.29) is 6.03 Å². The molecule has 2 aliphatic heterocycles. The Labute approximate surface area is 98.2 Å². The molecule has 0 bridgehead atoms. The van der Waals surface area contributed by atoms with Crippen molar-refractivity contribution in [3.63, 3.8) is 0 Å². The van der Waals surface area contributed by atoms with Gasteiger partial charge in [-0.05, 0) is 39.8 Å². The van der Waals surface area contributed by atoms with Crippen molar-refractivity contribution in [3.8, 4) is 0 Å². The summed E-state index contributed by atoms with van der Waals surface area (Å²) in [5.41, 5.74) is 0. The van der Waals surface area contributed by atoms with E-state index in [1.807, 2.05) is 9.80 Å². The molecule has 0 aliphatic carbocycles. The second kappa shape index (κ2) is 5.04. The van der Waals surface area contributed by atoms with Crippen molar-refractivity contribution in [1.29, 1.82) is 0 Å². The third-order valence-corrected chi connectivity index (χ3v) is 3.64. The fourth-order valence-corrected chi connectivity index (χ4v) is 2.48. The number of likely N-dealkylation sites (tertiary alicyclic amines) is 2. The molecule has 0 spiro atoms. The van der Waals surface area contributed by atoms with E-state index in [4.69, 9.17) is 0 Å². The number of amides is 2. The highest BCUT2D eigenvalue weighted by Crippen LogP contribution is 2.17. The fourth-order valence-electron chi connectivity index (χ4n) is 2.48. The first-order valence-electron chi connectivity index (χ1n) is 6.20. The van der Waals surface area contributed by atoms with Gasteiger partial charge in [0.05, 0.1) is 0 Å². The summed E-state index contributed by atoms with van der Waals surface area (Å²) in [4.78, 5) is 18.4. The number of piperidine rings is 1. The summed E-state index contributed by atoms with van der Waals surface area (Å²) >= 11 is 0. The van der Waals surface area contributed by atoms with Crippen LogP contribution in [0.3, 0.4) is 0 Å². The first-order valence-corrected chi connectivity index (χ1v) is 6.20. The van der Waals surface area contributed by atoms with Crippen LogP contribution in [0.2, 0.25) is 0 Å². The van der Waals surface area contributed by atoms with Crippen LogP contribution in [0.25, 0.3) is 0 Å². The highest BCUT2D eigenvalue weighted by atomic mass is 16.2. The Hall–Kier alpha value is -0.770. The van der Waals surface area contributed by atoms with Gasteiger partial charge in [0, 0.05) is 32.2 Å². The molecule has 0 aromatic heterocycles. The van der Waals surface area contributed by atoms with E-state index in [0.29, 0.717) is 6.04 Å². The molecular weight excluding hydrogens is 202 g/mol. The number of urea groups is 1. The van der Waals surface area contributed by atoms with E-state index in [0.717, 1.165) is 45.4 Å². The minimum Gasteiger partial charge on any atom is -0.325 e. The van der Waals surface area contributed by atoms with Gasteiger partial charge in [-0.15, -0.1) is 0 Å². The molecule has 2 fully saturated rings. The van der Waals surface area contributed by atoms with Crippen molar-refractivity contribution >= 4 is 6.03 Å². The number of carbonyl (C=O) groups is 1. The summed E-state index contributed by atoms with van der Waals surface area (Å²) < 4.78 is 0. The van der Waals surface area contributed by atoms with Crippen LogP contribution < -0.4 is 0 Å². The second-order valence-corrected chi connectivity index (χ2v) is 4.99. The number of nitrogens with zero attached hydrogens (tertiary/aromatic N) is 3. The molecular formula is C12H22N3O. The number of likely N-dealkylation sites (N-methyl/N-ethyl adjacent to an activating group) is 1. The van der Waals surface area contributed by atoms with Crippen LogP contribution in [0.1, 0.15) is 19.3 Å². The van der Waals surface area contributed by atoms with Gasteiger partial charge in [-0.25, -0.2) is 4.79 Å². The number of carbonyl (C=O) groups excluding carboxylic acids is 1. The fraction of sp³-hybridized carbons (Fsp3) is 0.833. The van der Waals surface area contributed by atoms with Crippen molar-refractivity contribution in [2.75, 3.05) is 40.3 Å². The van der Waals surface area contributed by atoms with Gasteiger partial charge in [-0.2, -0.15) is 0 Å². The minimum absolute atomic E-state index is 0.248. The third kappa shape index (κ3) is 2.48. The van der Waals surface area contributed by atoms with Crippen LogP contribution in [0.15, 0.2) is 0 Å². The normalized spacial score (nSPS) is 26.6. The van der Waals surface area contributed by atoms with Crippen LogP contribution in [-0.4, -0.2) is 67.0 Å². The molecule has 0 saturated carbocycles.